The summed E-state index contributed by atoms with van der Waals surface area (Å²) < 4.78 is 9.88. The fourth-order valence-corrected chi connectivity index (χ4v) is 1.21. The van der Waals surface area contributed by atoms with Gasteiger partial charge in [0.2, 0.25) is 5.91 Å². The summed E-state index contributed by atoms with van der Waals surface area (Å²) in [6.07, 6.45) is 0. The fraction of sp³-hybridized carbons (Fsp3) is 0.385. The van der Waals surface area contributed by atoms with Crippen LogP contribution >= 0.6 is 0 Å². The maximum atomic E-state index is 11.3. The molecule has 1 amide bonds. The normalized spacial score (nSPS) is 9.83. The van der Waals surface area contributed by atoms with Crippen molar-refractivity contribution in [3.63, 3.8) is 0 Å². The summed E-state index contributed by atoms with van der Waals surface area (Å²) in [6.45, 7) is 2.29. The van der Waals surface area contributed by atoms with E-state index in [1.165, 1.54) is 0 Å². The van der Waals surface area contributed by atoms with E-state index in [1.807, 2.05) is 30.3 Å². The quantitative estimate of drug-likeness (QED) is 0.731. The standard InChI is InChI=1S/C13H17NO4/c1-2-17-10-12(15)14-8-13(16)18-9-11-6-4-3-5-7-11/h3-7H,2,8-10H2,1H3,(H,14,15). The first-order chi connectivity index (χ1) is 8.72. The molecule has 0 radical (unpaired) electrons. The highest BCUT2D eigenvalue weighted by Crippen LogP contribution is 2.00. The topological polar surface area (TPSA) is 64.6 Å². The molecule has 0 atom stereocenters. The molecule has 0 saturated heterocycles. The maximum absolute atomic E-state index is 11.3. The second-order valence-electron chi connectivity index (χ2n) is 3.56. The lowest BCUT2D eigenvalue weighted by Crippen LogP contribution is -2.33. The van der Waals surface area contributed by atoms with Crippen molar-refractivity contribution in [1.29, 1.82) is 0 Å². The third-order valence-corrected chi connectivity index (χ3v) is 2.11. The van der Waals surface area contributed by atoms with Gasteiger partial charge in [-0.3, -0.25) is 9.59 Å². The predicted molar refractivity (Wildman–Crippen MR) is 65.7 cm³/mol. The number of amides is 1. The van der Waals surface area contributed by atoms with Gasteiger partial charge in [0.1, 0.15) is 19.8 Å². The first-order valence-corrected chi connectivity index (χ1v) is 5.76. The molecule has 0 saturated carbocycles. The van der Waals surface area contributed by atoms with Gasteiger partial charge < -0.3 is 14.8 Å². The number of hydrogen-bond acceptors (Lipinski definition) is 4. The molecular formula is C13H17NO4. The van der Waals surface area contributed by atoms with Gasteiger partial charge in [-0.05, 0) is 12.5 Å². The minimum Gasteiger partial charge on any atom is -0.460 e. The van der Waals surface area contributed by atoms with Crippen molar-refractivity contribution in [3.05, 3.63) is 35.9 Å². The zero-order chi connectivity index (χ0) is 13.2. The number of hydrogen-bond donors (Lipinski definition) is 1. The van der Waals surface area contributed by atoms with Crippen molar-refractivity contribution >= 4 is 11.9 Å². The summed E-state index contributed by atoms with van der Waals surface area (Å²) in [4.78, 5) is 22.5. The monoisotopic (exact) mass is 251 g/mol. The van der Waals surface area contributed by atoms with Crippen LogP contribution in [0.3, 0.4) is 0 Å². The molecule has 98 valence electrons. The summed E-state index contributed by atoms with van der Waals surface area (Å²) in [5, 5.41) is 2.42. The Kier molecular flexibility index (Phi) is 6.50. The van der Waals surface area contributed by atoms with Gasteiger partial charge in [-0.1, -0.05) is 30.3 Å². The van der Waals surface area contributed by atoms with E-state index in [0.29, 0.717) is 6.61 Å². The smallest absolute Gasteiger partial charge is 0.325 e. The van der Waals surface area contributed by atoms with E-state index in [2.05, 4.69) is 5.32 Å². The van der Waals surface area contributed by atoms with Crippen molar-refractivity contribution < 1.29 is 19.1 Å². The van der Waals surface area contributed by atoms with Crippen LogP contribution in [-0.2, 0) is 25.7 Å². The molecule has 0 aliphatic carbocycles. The molecule has 0 aliphatic heterocycles. The molecule has 0 spiro atoms. The van der Waals surface area contributed by atoms with E-state index >= 15 is 0 Å². The minimum absolute atomic E-state index is 0.0392. The molecule has 1 rings (SSSR count). The molecule has 0 aliphatic rings. The van der Waals surface area contributed by atoms with Crippen LogP contribution in [-0.4, -0.2) is 31.6 Å². The fourth-order valence-electron chi connectivity index (χ4n) is 1.21. The number of carbonyl (C=O) groups excluding carboxylic acids is 2. The van der Waals surface area contributed by atoms with E-state index in [1.54, 1.807) is 6.92 Å². The highest BCUT2D eigenvalue weighted by molar-refractivity contribution is 5.82. The van der Waals surface area contributed by atoms with E-state index in [4.69, 9.17) is 9.47 Å². The predicted octanol–water partition coefficient (Wildman–Crippen LogP) is 0.882. The van der Waals surface area contributed by atoms with E-state index in [9.17, 15) is 9.59 Å². The SMILES string of the molecule is CCOCC(=O)NCC(=O)OCc1ccccc1. The van der Waals surface area contributed by atoms with Crippen LogP contribution in [0, 0.1) is 0 Å². The summed E-state index contributed by atoms with van der Waals surface area (Å²) in [5.74, 6) is -0.794. The largest absolute Gasteiger partial charge is 0.460 e. The van der Waals surface area contributed by atoms with Crippen LogP contribution in [0.1, 0.15) is 12.5 Å². The molecule has 5 heteroatoms. The first-order valence-electron chi connectivity index (χ1n) is 5.76. The van der Waals surface area contributed by atoms with Gasteiger partial charge in [0.05, 0.1) is 0 Å². The van der Waals surface area contributed by atoms with Crippen LogP contribution in [0.15, 0.2) is 30.3 Å². The van der Waals surface area contributed by atoms with Crippen molar-refractivity contribution in [2.45, 2.75) is 13.5 Å². The molecule has 0 bridgehead atoms. The molecule has 0 fully saturated rings. The zero-order valence-corrected chi connectivity index (χ0v) is 10.3. The van der Waals surface area contributed by atoms with Crippen molar-refractivity contribution in [2.75, 3.05) is 19.8 Å². The summed E-state index contributed by atoms with van der Waals surface area (Å²) in [5.41, 5.74) is 0.909. The molecule has 1 aromatic carbocycles. The van der Waals surface area contributed by atoms with Gasteiger partial charge >= 0.3 is 5.97 Å². The first kappa shape index (κ1) is 14.2. The van der Waals surface area contributed by atoms with Gasteiger partial charge in [-0.2, -0.15) is 0 Å². The van der Waals surface area contributed by atoms with Gasteiger partial charge in [-0.15, -0.1) is 0 Å². The number of carbonyl (C=O) groups is 2. The molecule has 0 unspecified atom stereocenters. The van der Waals surface area contributed by atoms with Gasteiger partial charge in [-0.25, -0.2) is 0 Å². The van der Waals surface area contributed by atoms with E-state index in [0.717, 1.165) is 5.56 Å². The average Bonchev–Trinajstić information content (AvgIpc) is 2.41. The van der Waals surface area contributed by atoms with Crippen LogP contribution in [0.5, 0.6) is 0 Å². The van der Waals surface area contributed by atoms with Crippen LogP contribution in [0.4, 0.5) is 0 Å². The maximum Gasteiger partial charge on any atom is 0.325 e. The Morgan fingerprint density at radius 1 is 1.22 bits per heavy atom. The second kappa shape index (κ2) is 8.25. The number of benzene rings is 1. The van der Waals surface area contributed by atoms with Crippen molar-refractivity contribution in [1.82, 2.24) is 5.32 Å². The molecule has 18 heavy (non-hydrogen) atoms. The highest BCUT2D eigenvalue weighted by atomic mass is 16.5. The molecule has 1 aromatic rings. The summed E-state index contributed by atoms with van der Waals surface area (Å²) in [7, 11) is 0. The summed E-state index contributed by atoms with van der Waals surface area (Å²) in [6, 6.07) is 9.35. The Hall–Kier alpha value is -1.88. The molecule has 1 N–H and O–H groups in total. The molecule has 0 aromatic heterocycles. The van der Waals surface area contributed by atoms with E-state index in [-0.39, 0.29) is 25.7 Å². The number of esters is 1. The van der Waals surface area contributed by atoms with Gasteiger partial charge in [0.25, 0.3) is 0 Å². The minimum atomic E-state index is -0.469. The Labute approximate surface area is 106 Å². The third kappa shape index (κ3) is 6.00. The average molecular weight is 251 g/mol. The third-order valence-electron chi connectivity index (χ3n) is 2.11. The lowest BCUT2D eigenvalue weighted by Gasteiger charge is -2.06. The van der Waals surface area contributed by atoms with Crippen molar-refractivity contribution in [2.24, 2.45) is 0 Å². The van der Waals surface area contributed by atoms with Gasteiger partial charge in [0.15, 0.2) is 0 Å². The Morgan fingerprint density at radius 3 is 2.61 bits per heavy atom. The molecule has 0 heterocycles. The van der Waals surface area contributed by atoms with Crippen LogP contribution in [0.25, 0.3) is 0 Å². The van der Waals surface area contributed by atoms with Crippen LogP contribution in [0.2, 0.25) is 0 Å². The highest BCUT2D eigenvalue weighted by Gasteiger charge is 2.06. The van der Waals surface area contributed by atoms with Crippen LogP contribution < -0.4 is 5.32 Å². The van der Waals surface area contributed by atoms with Gasteiger partial charge in [0, 0.05) is 6.61 Å². The lowest BCUT2D eigenvalue weighted by molar-refractivity contribution is -0.145. The second-order valence-corrected chi connectivity index (χ2v) is 3.56. The zero-order valence-electron chi connectivity index (χ0n) is 10.3. The molecule has 5 nitrogen and oxygen atoms in total. The number of nitrogens with one attached hydrogen (secondary N) is 1. The summed E-state index contributed by atoms with van der Waals surface area (Å²) >= 11 is 0. The van der Waals surface area contributed by atoms with E-state index < -0.39 is 5.97 Å². The Balaban J connectivity index is 2.16. The molecular weight excluding hydrogens is 234 g/mol. The lowest BCUT2D eigenvalue weighted by atomic mass is 10.2. The Bertz CT molecular complexity index is 378. The number of rotatable bonds is 7. The number of ether oxygens (including phenoxy) is 2. The Morgan fingerprint density at radius 2 is 1.94 bits per heavy atom. The van der Waals surface area contributed by atoms with Crippen molar-refractivity contribution in [3.8, 4) is 0 Å².